The van der Waals surface area contributed by atoms with Crippen molar-refractivity contribution < 1.29 is 4.39 Å². The second kappa shape index (κ2) is 11.7. The molecule has 0 bridgehead atoms. The maximum Gasteiger partial charge on any atom is 0.123 e. The standard InChI is InChI=1S/C19H32FN/c1-3-5-6-7-8-9-10-18(16-21-4-2)15-17-11-13-19(20)14-12-17/h11-14,18,21H,3-10,15-16H2,1-2H3. The first-order chi connectivity index (χ1) is 10.3. The van der Waals surface area contributed by atoms with Crippen molar-refractivity contribution in [3.05, 3.63) is 35.6 Å². The fraction of sp³-hybridized carbons (Fsp3) is 0.684. The Morgan fingerprint density at radius 1 is 0.952 bits per heavy atom. The van der Waals surface area contributed by atoms with Gasteiger partial charge in [-0.3, -0.25) is 0 Å². The van der Waals surface area contributed by atoms with Crippen molar-refractivity contribution in [1.82, 2.24) is 5.32 Å². The van der Waals surface area contributed by atoms with Crippen LogP contribution in [0.1, 0.15) is 64.4 Å². The molecule has 0 aromatic heterocycles. The number of hydrogen-bond donors (Lipinski definition) is 1. The molecule has 0 radical (unpaired) electrons. The Bertz CT molecular complexity index is 347. The van der Waals surface area contributed by atoms with Crippen molar-refractivity contribution in [2.75, 3.05) is 13.1 Å². The molecule has 1 aromatic rings. The average molecular weight is 293 g/mol. The molecule has 0 heterocycles. The second-order valence-corrected chi connectivity index (χ2v) is 6.06. The second-order valence-electron chi connectivity index (χ2n) is 6.06. The van der Waals surface area contributed by atoms with E-state index in [1.807, 2.05) is 12.1 Å². The highest BCUT2D eigenvalue weighted by molar-refractivity contribution is 5.16. The van der Waals surface area contributed by atoms with Gasteiger partial charge in [-0.1, -0.05) is 64.5 Å². The van der Waals surface area contributed by atoms with Gasteiger partial charge in [-0.25, -0.2) is 4.39 Å². The van der Waals surface area contributed by atoms with Crippen LogP contribution in [0.3, 0.4) is 0 Å². The predicted molar refractivity (Wildman–Crippen MR) is 90.1 cm³/mol. The lowest BCUT2D eigenvalue weighted by Crippen LogP contribution is -2.24. The molecule has 0 aliphatic carbocycles. The van der Waals surface area contributed by atoms with E-state index in [0.29, 0.717) is 5.92 Å². The van der Waals surface area contributed by atoms with Crippen molar-refractivity contribution in [3.63, 3.8) is 0 Å². The average Bonchev–Trinajstić information content (AvgIpc) is 2.50. The summed E-state index contributed by atoms with van der Waals surface area (Å²) in [6.45, 7) is 6.51. The highest BCUT2D eigenvalue weighted by atomic mass is 19.1. The topological polar surface area (TPSA) is 12.0 Å². The van der Waals surface area contributed by atoms with Gasteiger partial charge in [0, 0.05) is 0 Å². The summed E-state index contributed by atoms with van der Waals surface area (Å²) in [5.41, 5.74) is 1.25. The number of benzene rings is 1. The molecule has 0 saturated heterocycles. The van der Waals surface area contributed by atoms with Crippen LogP contribution < -0.4 is 5.32 Å². The monoisotopic (exact) mass is 293 g/mol. The van der Waals surface area contributed by atoms with Crippen LogP contribution in [0.4, 0.5) is 4.39 Å². The largest absolute Gasteiger partial charge is 0.317 e. The molecule has 0 aliphatic heterocycles. The maximum absolute atomic E-state index is 13.0. The minimum Gasteiger partial charge on any atom is -0.317 e. The summed E-state index contributed by atoms with van der Waals surface area (Å²) in [5.74, 6) is 0.527. The lowest BCUT2D eigenvalue weighted by Gasteiger charge is -2.17. The van der Waals surface area contributed by atoms with Gasteiger partial charge < -0.3 is 5.32 Å². The van der Waals surface area contributed by atoms with Gasteiger partial charge in [-0.2, -0.15) is 0 Å². The molecule has 0 amide bonds. The first-order valence-corrected chi connectivity index (χ1v) is 8.71. The Morgan fingerprint density at radius 2 is 1.62 bits per heavy atom. The molecule has 1 unspecified atom stereocenters. The first-order valence-electron chi connectivity index (χ1n) is 8.71. The van der Waals surface area contributed by atoms with Crippen LogP contribution in [-0.4, -0.2) is 13.1 Å². The van der Waals surface area contributed by atoms with Crippen LogP contribution in [0.5, 0.6) is 0 Å². The van der Waals surface area contributed by atoms with E-state index in [1.54, 1.807) is 12.1 Å². The smallest absolute Gasteiger partial charge is 0.123 e. The quantitative estimate of drug-likeness (QED) is 0.513. The van der Waals surface area contributed by atoms with E-state index in [9.17, 15) is 4.39 Å². The third kappa shape index (κ3) is 8.87. The molecular weight excluding hydrogens is 261 g/mol. The number of rotatable bonds is 12. The summed E-state index contributed by atoms with van der Waals surface area (Å²) >= 11 is 0. The zero-order valence-electron chi connectivity index (χ0n) is 13.8. The summed E-state index contributed by atoms with van der Waals surface area (Å²) < 4.78 is 13.0. The third-order valence-electron chi connectivity index (χ3n) is 4.09. The lowest BCUT2D eigenvalue weighted by atomic mass is 9.93. The fourth-order valence-corrected chi connectivity index (χ4v) is 2.79. The summed E-state index contributed by atoms with van der Waals surface area (Å²) in [6.07, 6.45) is 10.4. The van der Waals surface area contributed by atoms with Gasteiger partial charge in [0.1, 0.15) is 5.82 Å². The van der Waals surface area contributed by atoms with Crippen LogP contribution in [0, 0.1) is 11.7 Å². The molecule has 2 heteroatoms. The van der Waals surface area contributed by atoms with Crippen molar-refractivity contribution in [3.8, 4) is 0 Å². The molecule has 0 aliphatic rings. The Morgan fingerprint density at radius 3 is 2.29 bits per heavy atom. The van der Waals surface area contributed by atoms with Gasteiger partial charge in [0.05, 0.1) is 0 Å². The van der Waals surface area contributed by atoms with Gasteiger partial charge in [0.2, 0.25) is 0 Å². The molecule has 0 saturated carbocycles. The fourth-order valence-electron chi connectivity index (χ4n) is 2.79. The van der Waals surface area contributed by atoms with E-state index in [4.69, 9.17) is 0 Å². The molecular formula is C19H32FN. The van der Waals surface area contributed by atoms with Gasteiger partial charge in [-0.15, -0.1) is 0 Å². The number of hydrogen-bond acceptors (Lipinski definition) is 1. The van der Waals surface area contributed by atoms with Crippen LogP contribution in [0.15, 0.2) is 24.3 Å². The molecule has 1 N–H and O–H groups in total. The van der Waals surface area contributed by atoms with Crippen molar-refractivity contribution in [1.29, 1.82) is 0 Å². The maximum atomic E-state index is 13.0. The summed E-state index contributed by atoms with van der Waals surface area (Å²) in [4.78, 5) is 0. The van der Waals surface area contributed by atoms with E-state index in [0.717, 1.165) is 19.5 Å². The predicted octanol–water partition coefficient (Wildman–Crippen LogP) is 5.34. The number of nitrogens with one attached hydrogen (secondary N) is 1. The van der Waals surface area contributed by atoms with Crippen molar-refractivity contribution in [2.45, 2.75) is 65.2 Å². The zero-order chi connectivity index (χ0) is 15.3. The molecule has 1 atom stereocenters. The van der Waals surface area contributed by atoms with Crippen LogP contribution >= 0.6 is 0 Å². The van der Waals surface area contributed by atoms with Crippen molar-refractivity contribution in [2.24, 2.45) is 5.92 Å². The minimum atomic E-state index is -0.141. The molecule has 120 valence electrons. The Kier molecular flexibility index (Phi) is 10.1. The number of unbranched alkanes of at least 4 members (excludes halogenated alkanes) is 5. The lowest BCUT2D eigenvalue weighted by molar-refractivity contribution is 0.423. The molecule has 1 rings (SSSR count). The highest BCUT2D eigenvalue weighted by Gasteiger charge is 2.09. The third-order valence-corrected chi connectivity index (χ3v) is 4.09. The molecule has 0 spiro atoms. The zero-order valence-corrected chi connectivity index (χ0v) is 13.8. The van der Waals surface area contributed by atoms with E-state index in [-0.39, 0.29) is 5.82 Å². The van der Waals surface area contributed by atoms with Gasteiger partial charge >= 0.3 is 0 Å². The molecule has 1 nitrogen and oxygen atoms in total. The van der Waals surface area contributed by atoms with E-state index in [2.05, 4.69) is 19.2 Å². The Labute approximate surface area is 130 Å². The number of halogens is 1. The Balaban J connectivity index is 2.31. The summed E-state index contributed by atoms with van der Waals surface area (Å²) in [5, 5.41) is 3.47. The van der Waals surface area contributed by atoms with Crippen LogP contribution in [0.2, 0.25) is 0 Å². The first kappa shape index (κ1) is 18.2. The highest BCUT2D eigenvalue weighted by Crippen LogP contribution is 2.17. The van der Waals surface area contributed by atoms with Crippen LogP contribution in [-0.2, 0) is 6.42 Å². The summed E-state index contributed by atoms with van der Waals surface area (Å²) in [6, 6.07) is 7.00. The molecule has 1 aromatic carbocycles. The van der Waals surface area contributed by atoms with E-state index < -0.39 is 0 Å². The normalized spacial score (nSPS) is 12.5. The van der Waals surface area contributed by atoms with E-state index in [1.165, 1.54) is 50.5 Å². The molecule has 21 heavy (non-hydrogen) atoms. The molecule has 0 fully saturated rings. The minimum absolute atomic E-state index is 0.141. The SMILES string of the molecule is CCCCCCCCC(CNCC)Cc1ccc(F)cc1. The van der Waals surface area contributed by atoms with Gasteiger partial charge in [-0.05, 0) is 49.5 Å². The van der Waals surface area contributed by atoms with E-state index >= 15 is 0 Å². The Hall–Kier alpha value is -0.890. The summed E-state index contributed by atoms with van der Waals surface area (Å²) in [7, 11) is 0. The van der Waals surface area contributed by atoms with Crippen LogP contribution in [0.25, 0.3) is 0 Å². The van der Waals surface area contributed by atoms with Crippen molar-refractivity contribution >= 4 is 0 Å². The van der Waals surface area contributed by atoms with Gasteiger partial charge in [0.15, 0.2) is 0 Å². The van der Waals surface area contributed by atoms with Gasteiger partial charge in [0.25, 0.3) is 0 Å².